The molecule has 108 valence electrons. The van der Waals surface area contributed by atoms with E-state index in [0.717, 1.165) is 12.3 Å². The Bertz CT molecular complexity index is 665. The van der Waals surface area contributed by atoms with Crippen LogP contribution in [0.4, 0.5) is 11.4 Å². The van der Waals surface area contributed by atoms with Gasteiger partial charge in [-0.15, -0.1) is 0 Å². The number of nitrogens with two attached hydrogens (primary N) is 1. The Balaban J connectivity index is 2.06. The van der Waals surface area contributed by atoms with Gasteiger partial charge in [-0.05, 0) is 18.2 Å². The van der Waals surface area contributed by atoms with Crippen LogP contribution in [0.2, 0.25) is 5.02 Å². The molecule has 6 nitrogen and oxygen atoms in total. The van der Waals surface area contributed by atoms with Gasteiger partial charge in [0, 0.05) is 17.6 Å². The zero-order chi connectivity index (χ0) is 15.2. The molecular weight excluding hydrogens is 310 g/mol. The Kier molecular flexibility index (Phi) is 5.09. The molecule has 1 amide bonds. The standard InChI is InChI=1S/C13H12ClN5OS/c14-10-5-9(16)1-2-11(10)19-12(20)8(6-15)7-18-13-17-3-4-21-13/h1-2,5,7H,3-4,16H2,(H,17,18)(H,19,20)/b8-7-. The zero-order valence-electron chi connectivity index (χ0n) is 10.9. The number of nitrogens with zero attached hydrogens (tertiary/aromatic N) is 2. The van der Waals surface area contributed by atoms with E-state index < -0.39 is 5.91 Å². The van der Waals surface area contributed by atoms with Gasteiger partial charge in [-0.3, -0.25) is 9.79 Å². The number of hydrogen-bond acceptors (Lipinski definition) is 6. The quantitative estimate of drug-likeness (QED) is 0.448. The first-order chi connectivity index (χ1) is 10.1. The minimum Gasteiger partial charge on any atom is -0.399 e. The molecule has 0 aromatic heterocycles. The van der Waals surface area contributed by atoms with Crippen molar-refractivity contribution in [1.82, 2.24) is 5.32 Å². The summed E-state index contributed by atoms with van der Waals surface area (Å²) in [6.45, 7) is 0.732. The highest BCUT2D eigenvalue weighted by atomic mass is 35.5. The van der Waals surface area contributed by atoms with E-state index in [1.807, 2.05) is 6.07 Å². The number of nitrogen functional groups attached to an aromatic ring is 1. The molecule has 1 heterocycles. The predicted octanol–water partition coefficient (Wildman–Crippen LogP) is 1.96. The number of thioether (sulfide) groups is 1. The number of aliphatic imine (C=N–C) groups is 1. The van der Waals surface area contributed by atoms with E-state index in [4.69, 9.17) is 22.6 Å². The van der Waals surface area contributed by atoms with Crippen molar-refractivity contribution in [1.29, 1.82) is 5.26 Å². The zero-order valence-corrected chi connectivity index (χ0v) is 12.5. The van der Waals surface area contributed by atoms with Crippen molar-refractivity contribution < 1.29 is 4.79 Å². The van der Waals surface area contributed by atoms with E-state index >= 15 is 0 Å². The molecule has 0 saturated heterocycles. The molecule has 2 rings (SSSR count). The number of halogens is 1. The van der Waals surface area contributed by atoms with Crippen LogP contribution in [-0.4, -0.2) is 23.4 Å². The molecule has 0 aliphatic carbocycles. The van der Waals surface area contributed by atoms with Crippen molar-refractivity contribution >= 4 is 45.8 Å². The average molecular weight is 322 g/mol. The van der Waals surface area contributed by atoms with Crippen LogP contribution >= 0.6 is 23.4 Å². The summed E-state index contributed by atoms with van der Waals surface area (Å²) in [7, 11) is 0. The van der Waals surface area contributed by atoms with E-state index in [1.165, 1.54) is 24.0 Å². The van der Waals surface area contributed by atoms with E-state index in [1.54, 1.807) is 12.1 Å². The van der Waals surface area contributed by atoms with Gasteiger partial charge in [-0.1, -0.05) is 23.4 Å². The molecule has 0 unspecified atom stereocenters. The second-order valence-electron chi connectivity index (χ2n) is 4.04. The molecule has 0 bridgehead atoms. The Hall–Kier alpha value is -2.17. The number of carbonyl (C=O) groups excluding carboxylic acids is 1. The van der Waals surface area contributed by atoms with Gasteiger partial charge in [0.1, 0.15) is 11.6 Å². The molecule has 0 spiro atoms. The van der Waals surface area contributed by atoms with E-state index in [9.17, 15) is 4.79 Å². The largest absolute Gasteiger partial charge is 0.399 e. The Morgan fingerprint density at radius 1 is 1.57 bits per heavy atom. The van der Waals surface area contributed by atoms with Crippen LogP contribution in [0.25, 0.3) is 0 Å². The summed E-state index contributed by atoms with van der Waals surface area (Å²) in [5, 5.41) is 15.4. The van der Waals surface area contributed by atoms with Crippen LogP contribution in [0.3, 0.4) is 0 Å². The molecule has 0 saturated carbocycles. The maximum Gasteiger partial charge on any atom is 0.267 e. The Morgan fingerprint density at radius 2 is 2.38 bits per heavy atom. The maximum absolute atomic E-state index is 12.0. The summed E-state index contributed by atoms with van der Waals surface area (Å²) in [6.07, 6.45) is 1.33. The van der Waals surface area contributed by atoms with E-state index in [0.29, 0.717) is 21.6 Å². The van der Waals surface area contributed by atoms with Gasteiger partial charge >= 0.3 is 0 Å². The molecule has 0 fully saturated rings. The molecule has 0 atom stereocenters. The van der Waals surface area contributed by atoms with Gasteiger partial charge in [0.05, 0.1) is 17.3 Å². The van der Waals surface area contributed by atoms with E-state index in [2.05, 4.69) is 15.6 Å². The van der Waals surface area contributed by atoms with Crippen molar-refractivity contribution in [2.75, 3.05) is 23.3 Å². The molecule has 1 aliphatic heterocycles. The molecule has 8 heteroatoms. The summed E-state index contributed by atoms with van der Waals surface area (Å²) in [4.78, 5) is 16.2. The Morgan fingerprint density at radius 3 is 3.00 bits per heavy atom. The van der Waals surface area contributed by atoms with Gasteiger partial charge in [0.25, 0.3) is 5.91 Å². The van der Waals surface area contributed by atoms with Gasteiger partial charge in [-0.25, -0.2) is 0 Å². The highest BCUT2D eigenvalue weighted by molar-refractivity contribution is 8.14. The summed E-state index contributed by atoms with van der Waals surface area (Å²) in [5.74, 6) is 0.339. The lowest BCUT2D eigenvalue weighted by molar-refractivity contribution is -0.112. The molecule has 4 N–H and O–H groups in total. The van der Waals surface area contributed by atoms with Crippen LogP contribution in [0.1, 0.15) is 0 Å². The number of rotatable bonds is 3. The number of carbonyl (C=O) groups is 1. The maximum atomic E-state index is 12.0. The summed E-state index contributed by atoms with van der Waals surface area (Å²) < 4.78 is 0. The normalized spacial score (nSPS) is 14.3. The number of amidine groups is 1. The smallest absolute Gasteiger partial charge is 0.267 e. The van der Waals surface area contributed by atoms with Gasteiger partial charge in [0.15, 0.2) is 5.17 Å². The van der Waals surface area contributed by atoms with E-state index in [-0.39, 0.29) is 5.57 Å². The lowest BCUT2D eigenvalue weighted by Crippen LogP contribution is -2.18. The SMILES string of the molecule is N#C/C(=C/NC1=NCCS1)C(=O)Nc1ccc(N)cc1Cl. The number of benzene rings is 1. The summed E-state index contributed by atoms with van der Waals surface area (Å²) >= 11 is 7.50. The van der Waals surface area contributed by atoms with Crippen LogP contribution in [-0.2, 0) is 4.79 Å². The predicted molar refractivity (Wildman–Crippen MR) is 86.1 cm³/mol. The van der Waals surface area contributed by atoms with Crippen molar-refractivity contribution in [2.24, 2.45) is 4.99 Å². The number of hydrogen-bond donors (Lipinski definition) is 3. The first kappa shape index (κ1) is 15.2. The van der Waals surface area contributed by atoms with Crippen molar-refractivity contribution in [2.45, 2.75) is 0 Å². The topological polar surface area (TPSA) is 103 Å². The van der Waals surface area contributed by atoms with Crippen molar-refractivity contribution in [3.63, 3.8) is 0 Å². The fraction of sp³-hybridized carbons (Fsp3) is 0.154. The highest BCUT2D eigenvalue weighted by Gasteiger charge is 2.12. The molecule has 1 aliphatic rings. The Labute approximate surface area is 131 Å². The number of nitrogens with one attached hydrogen (secondary N) is 2. The molecule has 21 heavy (non-hydrogen) atoms. The molecular formula is C13H12ClN5OS. The third-order valence-corrected chi connectivity index (χ3v) is 3.75. The lowest BCUT2D eigenvalue weighted by Gasteiger charge is -2.07. The second-order valence-corrected chi connectivity index (χ2v) is 5.53. The molecule has 1 aromatic rings. The van der Waals surface area contributed by atoms with Gasteiger partial charge < -0.3 is 16.4 Å². The monoisotopic (exact) mass is 321 g/mol. The fourth-order valence-electron chi connectivity index (χ4n) is 1.53. The average Bonchev–Trinajstić information content (AvgIpc) is 2.96. The molecule has 0 radical (unpaired) electrons. The van der Waals surface area contributed by atoms with Crippen LogP contribution in [0, 0.1) is 11.3 Å². The fourth-order valence-corrected chi connectivity index (χ4v) is 2.46. The van der Waals surface area contributed by atoms with Crippen LogP contribution < -0.4 is 16.4 Å². The second kappa shape index (κ2) is 7.02. The number of anilines is 2. The summed E-state index contributed by atoms with van der Waals surface area (Å²) in [5.41, 5.74) is 6.39. The number of amides is 1. The van der Waals surface area contributed by atoms with Crippen molar-refractivity contribution in [3.8, 4) is 6.07 Å². The minimum absolute atomic E-state index is 0.0712. The summed E-state index contributed by atoms with van der Waals surface area (Å²) in [6, 6.07) is 6.54. The third-order valence-electron chi connectivity index (χ3n) is 2.53. The van der Waals surface area contributed by atoms with Crippen LogP contribution in [0.15, 0.2) is 35.0 Å². The number of nitriles is 1. The highest BCUT2D eigenvalue weighted by Crippen LogP contribution is 2.24. The first-order valence-corrected chi connectivity index (χ1v) is 7.37. The molecule has 1 aromatic carbocycles. The first-order valence-electron chi connectivity index (χ1n) is 6.00. The minimum atomic E-state index is -0.555. The van der Waals surface area contributed by atoms with Gasteiger partial charge in [-0.2, -0.15) is 5.26 Å². The van der Waals surface area contributed by atoms with Gasteiger partial charge in [0.2, 0.25) is 0 Å². The van der Waals surface area contributed by atoms with Crippen molar-refractivity contribution in [3.05, 3.63) is 35.0 Å². The van der Waals surface area contributed by atoms with Crippen LogP contribution in [0.5, 0.6) is 0 Å². The third kappa shape index (κ3) is 4.15. The lowest BCUT2D eigenvalue weighted by atomic mass is 10.2.